The van der Waals surface area contributed by atoms with Gasteiger partial charge in [-0.25, -0.2) is 0 Å². The molecular weight excluding hydrogens is 408 g/mol. The zero-order chi connectivity index (χ0) is 23.6. The first kappa shape index (κ1) is 24.8. The van der Waals surface area contributed by atoms with Crippen LogP contribution in [-0.2, 0) is 26.4 Å². The summed E-state index contributed by atoms with van der Waals surface area (Å²) >= 11 is 0. The van der Waals surface area contributed by atoms with Crippen molar-refractivity contribution >= 4 is 5.97 Å². The van der Waals surface area contributed by atoms with Crippen LogP contribution in [0.25, 0.3) is 0 Å². The van der Waals surface area contributed by atoms with Gasteiger partial charge in [0.15, 0.2) is 17.2 Å². The monoisotopic (exact) mass is 448 g/mol. The van der Waals surface area contributed by atoms with Crippen molar-refractivity contribution < 1.29 is 23.7 Å². The van der Waals surface area contributed by atoms with E-state index in [0.717, 1.165) is 31.5 Å². The van der Waals surface area contributed by atoms with Gasteiger partial charge < -0.3 is 24.7 Å². The van der Waals surface area contributed by atoms with Crippen LogP contribution in [0.1, 0.15) is 51.7 Å². The van der Waals surface area contributed by atoms with Crippen LogP contribution in [0, 0.1) is 17.8 Å². The molecule has 3 unspecified atom stereocenters. The lowest BCUT2D eigenvalue weighted by Crippen LogP contribution is -2.61. The zero-order valence-electron chi connectivity index (χ0n) is 20.6. The van der Waals surface area contributed by atoms with Crippen LogP contribution in [0.4, 0.5) is 0 Å². The fraction of sp³-hybridized carbons (Fsp3) is 0.720. The van der Waals surface area contributed by atoms with Gasteiger partial charge in [0, 0.05) is 38.1 Å². The molecule has 2 aliphatic heterocycles. The molecule has 1 aromatic rings. The SMILES string of the molecule is COc1cc2c(cc1OC)C1(OC)CC(OC(=O)[C@H](N)C(C)C)C(CC(C)C)CN1CC2. The molecule has 2 N–H and O–H groups in total. The average molecular weight is 449 g/mol. The predicted octanol–water partition coefficient (Wildman–Crippen LogP) is 3.32. The largest absolute Gasteiger partial charge is 0.493 e. The Hall–Kier alpha value is -1.83. The number of hydrogen-bond acceptors (Lipinski definition) is 7. The second-order valence-corrected chi connectivity index (χ2v) is 9.89. The molecule has 32 heavy (non-hydrogen) atoms. The van der Waals surface area contributed by atoms with Crippen LogP contribution in [-0.4, -0.2) is 57.4 Å². The molecule has 7 nitrogen and oxygen atoms in total. The van der Waals surface area contributed by atoms with Crippen molar-refractivity contribution in [2.75, 3.05) is 34.4 Å². The third kappa shape index (κ3) is 4.61. The molecule has 0 saturated carbocycles. The Kier molecular flexibility index (Phi) is 7.73. The van der Waals surface area contributed by atoms with E-state index in [-0.39, 0.29) is 23.9 Å². The standard InChI is InChI=1S/C25H40N2O5/c1-15(2)10-18-14-27-9-8-17-11-20(29-5)21(30-6)12-19(17)25(27,31-7)13-22(18)32-24(28)23(26)16(3)4/h11-12,15-16,18,22-23H,8-10,13-14,26H2,1-7H3/t18?,22?,23-,25?/m1/s1. The lowest BCUT2D eigenvalue weighted by atomic mass is 9.76. The van der Waals surface area contributed by atoms with E-state index in [1.807, 2.05) is 26.0 Å². The molecule has 0 amide bonds. The maximum absolute atomic E-state index is 12.8. The number of methoxy groups -OCH3 is 3. The lowest BCUT2D eigenvalue weighted by molar-refractivity contribution is -0.218. The Morgan fingerprint density at radius 2 is 1.81 bits per heavy atom. The summed E-state index contributed by atoms with van der Waals surface area (Å²) in [6, 6.07) is 3.43. The van der Waals surface area contributed by atoms with Crippen LogP contribution in [0.3, 0.4) is 0 Å². The van der Waals surface area contributed by atoms with E-state index in [4.69, 9.17) is 24.7 Å². The van der Waals surface area contributed by atoms with E-state index in [0.29, 0.717) is 23.8 Å². The summed E-state index contributed by atoms with van der Waals surface area (Å²) < 4.78 is 23.5. The van der Waals surface area contributed by atoms with Gasteiger partial charge in [0.1, 0.15) is 12.1 Å². The molecule has 7 heteroatoms. The molecule has 1 saturated heterocycles. The van der Waals surface area contributed by atoms with Gasteiger partial charge in [-0.2, -0.15) is 0 Å². The van der Waals surface area contributed by atoms with Gasteiger partial charge in [-0.3, -0.25) is 9.69 Å². The van der Waals surface area contributed by atoms with Crippen molar-refractivity contribution in [2.24, 2.45) is 23.5 Å². The Bertz CT molecular complexity index is 812. The van der Waals surface area contributed by atoms with Gasteiger partial charge >= 0.3 is 5.97 Å². The smallest absolute Gasteiger partial charge is 0.323 e. The van der Waals surface area contributed by atoms with Crippen LogP contribution < -0.4 is 15.2 Å². The highest BCUT2D eigenvalue weighted by Gasteiger charge is 2.52. The lowest BCUT2D eigenvalue weighted by Gasteiger charge is -2.54. The summed E-state index contributed by atoms with van der Waals surface area (Å²) in [5.74, 6) is 1.80. The minimum absolute atomic E-state index is 0.0228. The van der Waals surface area contributed by atoms with Crippen LogP contribution in [0.15, 0.2) is 12.1 Å². The molecule has 1 fully saturated rings. The fourth-order valence-electron chi connectivity index (χ4n) is 5.21. The molecule has 3 rings (SSSR count). The first-order valence-electron chi connectivity index (χ1n) is 11.7. The molecule has 0 aromatic heterocycles. The molecule has 2 heterocycles. The molecule has 0 bridgehead atoms. The summed E-state index contributed by atoms with van der Waals surface area (Å²) in [6.07, 6.45) is 2.16. The first-order valence-corrected chi connectivity index (χ1v) is 11.7. The van der Waals surface area contributed by atoms with Crippen molar-refractivity contribution in [2.45, 2.75) is 64.8 Å². The van der Waals surface area contributed by atoms with Crippen LogP contribution >= 0.6 is 0 Å². The Morgan fingerprint density at radius 3 is 2.38 bits per heavy atom. The summed E-state index contributed by atoms with van der Waals surface area (Å²) in [6.45, 7) is 9.96. The van der Waals surface area contributed by atoms with E-state index in [2.05, 4.69) is 18.7 Å². The van der Waals surface area contributed by atoms with Crippen molar-refractivity contribution in [3.05, 3.63) is 23.3 Å². The Morgan fingerprint density at radius 1 is 1.16 bits per heavy atom. The van der Waals surface area contributed by atoms with Gasteiger partial charge in [-0.05, 0) is 42.4 Å². The number of benzene rings is 1. The molecule has 0 spiro atoms. The van der Waals surface area contributed by atoms with E-state index in [1.54, 1.807) is 21.3 Å². The highest BCUT2D eigenvalue weighted by Crippen LogP contribution is 2.48. The minimum Gasteiger partial charge on any atom is -0.493 e. The highest BCUT2D eigenvalue weighted by molar-refractivity contribution is 5.76. The number of carbonyl (C=O) groups is 1. The molecule has 1 aromatic carbocycles. The third-order valence-corrected chi connectivity index (χ3v) is 7.02. The number of piperidine rings is 1. The van der Waals surface area contributed by atoms with E-state index >= 15 is 0 Å². The predicted molar refractivity (Wildman–Crippen MR) is 124 cm³/mol. The number of fused-ring (bicyclic) bond motifs is 3. The number of nitrogens with zero attached hydrogens (tertiary/aromatic N) is 1. The number of carbonyl (C=O) groups excluding carboxylic acids is 1. The van der Waals surface area contributed by atoms with Gasteiger partial charge in [0.25, 0.3) is 0 Å². The van der Waals surface area contributed by atoms with Gasteiger partial charge in [-0.1, -0.05) is 27.7 Å². The van der Waals surface area contributed by atoms with Gasteiger partial charge in [0.2, 0.25) is 0 Å². The van der Waals surface area contributed by atoms with E-state index in [9.17, 15) is 4.79 Å². The first-order chi connectivity index (χ1) is 15.2. The van der Waals surface area contributed by atoms with Gasteiger partial charge in [-0.15, -0.1) is 0 Å². The molecule has 4 atom stereocenters. The van der Waals surface area contributed by atoms with Crippen LogP contribution in [0.2, 0.25) is 0 Å². The number of ether oxygens (including phenoxy) is 4. The molecule has 0 radical (unpaired) electrons. The maximum atomic E-state index is 12.8. The summed E-state index contributed by atoms with van der Waals surface area (Å²) in [4.78, 5) is 15.2. The van der Waals surface area contributed by atoms with Gasteiger partial charge in [0.05, 0.1) is 14.2 Å². The Labute approximate surface area is 192 Å². The second-order valence-electron chi connectivity index (χ2n) is 9.89. The van der Waals surface area contributed by atoms with E-state index < -0.39 is 11.8 Å². The average Bonchev–Trinajstić information content (AvgIpc) is 2.77. The van der Waals surface area contributed by atoms with Crippen molar-refractivity contribution in [1.29, 1.82) is 0 Å². The number of nitrogens with two attached hydrogens (primary N) is 1. The summed E-state index contributed by atoms with van der Waals surface area (Å²) in [5, 5.41) is 0. The molecule has 0 aliphatic carbocycles. The topological polar surface area (TPSA) is 83.2 Å². The zero-order valence-corrected chi connectivity index (χ0v) is 20.6. The molecule has 2 aliphatic rings. The van der Waals surface area contributed by atoms with Crippen molar-refractivity contribution in [3.63, 3.8) is 0 Å². The minimum atomic E-state index is -0.687. The van der Waals surface area contributed by atoms with E-state index in [1.165, 1.54) is 5.56 Å². The van der Waals surface area contributed by atoms with Crippen molar-refractivity contribution in [3.8, 4) is 11.5 Å². The number of rotatable bonds is 8. The van der Waals surface area contributed by atoms with Crippen LogP contribution in [0.5, 0.6) is 11.5 Å². The quantitative estimate of drug-likeness (QED) is 0.611. The number of hydrogen-bond donors (Lipinski definition) is 1. The molecular formula is C25H40N2O5. The second kappa shape index (κ2) is 9.98. The van der Waals surface area contributed by atoms with Crippen molar-refractivity contribution in [1.82, 2.24) is 4.90 Å². The molecule has 180 valence electrons. The third-order valence-electron chi connectivity index (χ3n) is 7.02. The summed E-state index contributed by atoms with van der Waals surface area (Å²) in [5.41, 5.74) is 7.66. The normalized spacial score (nSPS) is 26.4. The summed E-state index contributed by atoms with van der Waals surface area (Å²) in [7, 11) is 5.03. The Balaban J connectivity index is 2.01. The fourth-order valence-corrected chi connectivity index (χ4v) is 5.21. The highest BCUT2D eigenvalue weighted by atomic mass is 16.6. The maximum Gasteiger partial charge on any atom is 0.323 e. The number of esters is 1.